The maximum Gasteiger partial charge on any atom is 0.334 e. The number of hydrogen-bond donors (Lipinski definition) is 3. The van der Waals surface area contributed by atoms with Gasteiger partial charge < -0.3 is 44.7 Å². The monoisotopic (exact) mass is 996 g/mol. The molecular formula is C54H85N5O12. The molecule has 71 heavy (non-hydrogen) atoms. The number of aliphatic hydroxyl groups excluding tert-OH is 1. The number of carbonyl (C=O) groups is 8. The average molecular weight is 996 g/mol. The Balaban J connectivity index is 2.75. The molecule has 17 nitrogen and oxygen atoms in total. The number of hydrogen-bond acceptors (Lipinski definition) is 12. The van der Waals surface area contributed by atoms with Crippen molar-refractivity contribution in [2.45, 2.75) is 189 Å². The second kappa shape index (κ2) is 29.1. The van der Waals surface area contributed by atoms with Crippen molar-refractivity contribution in [3.63, 3.8) is 0 Å². The number of allylic oxidation sites excluding steroid dienone is 1. The van der Waals surface area contributed by atoms with Gasteiger partial charge in [-0.1, -0.05) is 96.4 Å². The molecule has 17 heteroatoms. The van der Waals surface area contributed by atoms with Crippen molar-refractivity contribution in [1.29, 1.82) is 0 Å². The van der Waals surface area contributed by atoms with E-state index in [-0.39, 0.29) is 49.6 Å². The lowest BCUT2D eigenvalue weighted by atomic mass is 9.90. The summed E-state index contributed by atoms with van der Waals surface area (Å²) in [5, 5.41) is 17.1. The summed E-state index contributed by atoms with van der Waals surface area (Å²) in [6, 6.07) is 4.41. The summed E-state index contributed by atoms with van der Waals surface area (Å²) in [7, 11) is 4.31. The van der Waals surface area contributed by atoms with E-state index < -0.39 is 108 Å². The van der Waals surface area contributed by atoms with Crippen LogP contribution in [0.3, 0.4) is 0 Å². The summed E-state index contributed by atoms with van der Waals surface area (Å²) in [5.41, 5.74) is 0.810. The summed E-state index contributed by atoms with van der Waals surface area (Å²) in [6.07, 6.45) is 2.02. The Labute approximate surface area is 422 Å². The van der Waals surface area contributed by atoms with Gasteiger partial charge in [-0.2, -0.15) is 0 Å². The smallest absolute Gasteiger partial charge is 0.334 e. The van der Waals surface area contributed by atoms with E-state index in [1.165, 1.54) is 55.8 Å². The van der Waals surface area contributed by atoms with E-state index >= 15 is 0 Å². The lowest BCUT2D eigenvalue weighted by Gasteiger charge is -2.35. The standard InChI is InChI=1S/C54H85N5O12/c1-16-34(5)46-51(66)58(14)38(9)53(68)70-47(35(6)17-2)37(8)42(60)29-28-36(7)52(67)69-43(30-33(3)4)48(63)55-40(26-22-19-23-27-45(62)71-54(10,11)12)49(64)59(15)41(31-39-24-20-18-21-25-39)50(65)57(13)32-44(61)56-46/h17-18,20-21,24-25,28,33-34,37-38,40-43,46-47,60H,16,19,22-23,26-27,29-32H2,1-15H3,(H,55,63)(H,56,61)/b35-17+,36-28+/t34-,37+,38+,40+,41-,42+,43-,46+,47-/m1/s1. The predicted octanol–water partition coefficient (Wildman–Crippen LogP) is 5.85. The van der Waals surface area contributed by atoms with Gasteiger partial charge in [0, 0.05) is 45.5 Å². The number of aliphatic hydroxyl groups is 1. The van der Waals surface area contributed by atoms with E-state index in [0.29, 0.717) is 36.8 Å². The van der Waals surface area contributed by atoms with E-state index in [1.54, 1.807) is 78.8 Å². The minimum absolute atomic E-state index is 0.0400. The fourth-order valence-electron chi connectivity index (χ4n) is 8.01. The minimum Gasteiger partial charge on any atom is -0.460 e. The lowest BCUT2D eigenvalue weighted by molar-refractivity contribution is -0.160. The van der Waals surface area contributed by atoms with Gasteiger partial charge in [0.05, 0.1) is 12.6 Å². The largest absolute Gasteiger partial charge is 0.460 e. The third-order valence-corrected chi connectivity index (χ3v) is 13.0. The summed E-state index contributed by atoms with van der Waals surface area (Å²) >= 11 is 0. The van der Waals surface area contributed by atoms with Crippen LogP contribution >= 0.6 is 0 Å². The van der Waals surface area contributed by atoms with Gasteiger partial charge in [0.2, 0.25) is 23.6 Å². The molecule has 0 fully saturated rings. The Morgan fingerprint density at radius 2 is 1.54 bits per heavy atom. The molecule has 2 rings (SSSR count). The highest BCUT2D eigenvalue weighted by Gasteiger charge is 2.39. The van der Waals surface area contributed by atoms with Crippen molar-refractivity contribution >= 4 is 47.4 Å². The van der Waals surface area contributed by atoms with Gasteiger partial charge in [-0.3, -0.25) is 28.8 Å². The second-order valence-corrected chi connectivity index (χ2v) is 20.6. The molecule has 0 radical (unpaired) electrons. The van der Waals surface area contributed by atoms with Crippen LogP contribution < -0.4 is 10.6 Å². The Hall–Kier alpha value is -5.58. The molecule has 5 amide bonds. The molecule has 0 aromatic heterocycles. The highest BCUT2D eigenvalue weighted by Crippen LogP contribution is 2.25. The fourth-order valence-corrected chi connectivity index (χ4v) is 8.01. The van der Waals surface area contributed by atoms with E-state index in [0.717, 1.165) is 0 Å². The van der Waals surface area contributed by atoms with Crippen molar-refractivity contribution in [1.82, 2.24) is 25.3 Å². The van der Waals surface area contributed by atoms with E-state index in [9.17, 15) is 43.5 Å². The van der Waals surface area contributed by atoms with Crippen LogP contribution in [0, 0.1) is 17.8 Å². The van der Waals surface area contributed by atoms with E-state index in [2.05, 4.69) is 10.6 Å². The molecule has 0 aliphatic carbocycles. The zero-order chi connectivity index (χ0) is 53.9. The minimum atomic E-state index is -1.33. The van der Waals surface area contributed by atoms with Crippen LogP contribution in [0.1, 0.15) is 140 Å². The normalized spacial score (nSPS) is 26.3. The van der Waals surface area contributed by atoms with Gasteiger partial charge in [0.15, 0.2) is 6.10 Å². The molecule has 0 saturated carbocycles. The van der Waals surface area contributed by atoms with Crippen molar-refractivity contribution in [3.05, 3.63) is 59.2 Å². The molecular weight excluding hydrogens is 911 g/mol. The van der Waals surface area contributed by atoms with Crippen LogP contribution in [0.25, 0.3) is 0 Å². The first-order valence-electron chi connectivity index (χ1n) is 25.2. The number of unbranched alkanes of at least 4 members (excludes halogenated alkanes) is 2. The lowest BCUT2D eigenvalue weighted by Crippen LogP contribution is -2.58. The quantitative estimate of drug-likeness (QED) is 0.0918. The number of amides is 5. The zero-order valence-corrected chi connectivity index (χ0v) is 45.2. The van der Waals surface area contributed by atoms with Crippen LogP contribution in [0.15, 0.2) is 53.6 Å². The summed E-state index contributed by atoms with van der Waals surface area (Å²) < 4.78 is 17.3. The second-order valence-electron chi connectivity index (χ2n) is 20.6. The number of nitrogens with zero attached hydrogens (tertiary/aromatic N) is 3. The van der Waals surface area contributed by atoms with Crippen LogP contribution in [-0.4, -0.2) is 143 Å². The van der Waals surface area contributed by atoms with Crippen molar-refractivity contribution in [2.75, 3.05) is 27.7 Å². The first-order valence-corrected chi connectivity index (χ1v) is 25.2. The molecule has 0 spiro atoms. The Morgan fingerprint density at radius 1 is 0.901 bits per heavy atom. The first-order chi connectivity index (χ1) is 33.1. The Morgan fingerprint density at radius 3 is 2.11 bits per heavy atom. The van der Waals surface area contributed by atoms with Gasteiger partial charge in [-0.25, -0.2) is 9.59 Å². The molecule has 3 N–H and O–H groups in total. The molecule has 1 heterocycles. The van der Waals surface area contributed by atoms with E-state index in [1.807, 2.05) is 26.8 Å². The number of rotatable bonds is 13. The van der Waals surface area contributed by atoms with E-state index in [4.69, 9.17) is 14.2 Å². The Bertz CT molecular complexity index is 2030. The third-order valence-electron chi connectivity index (χ3n) is 13.0. The van der Waals surface area contributed by atoms with Gasteiger partial charge in [-0.15, -0.1) is 0 Å². The predicted molar refractivity (Wildman–Crippen MR) is 271 cm³/mol. The van der Waals surface area contributed by atoms with Gasteiger partial charge in [0.1, 0.15) is 35.9 Å². The number of ether oxygens (including phenoxy) is 3. The van der Waals surface area contributed by atoms with Crippen LogP contribution in [0.4, 0.5) is 0 Å². The van der Waals surface area contributed by atoms with Crippen molar-refractivity contribution in [3.8, 4) is 0 Å². The maximum absolute atomic E-state index is 14.8. The van der Waals surface area contributed by atoms with Crippen LogP contribution in [-0.2, 0) is 59.0 Å². The zero-order valence-electron chi connectivity index (χ0n) is 45.2. The molecule has 1 aromatic rings. The number of esters is 3. The SMILES string of the molecule is C/C=C(\C)[C@H]1OC(=O)[C@H](C)N(C)C(=O)[C@H]([C@H](C)CC)NC(=O)CN(C)C(=O)[C@@H](Cc2ccccc2)N(C)C(=O)[C@H](CCCCCC(=O)OC(C)(C)C)NC(=O)[C@@H](CC(C)C)OC(=O)/C(C)=C/C[C@H](O)[C@@H]1C. The molecule has 0 bridgehead atoms. The summed E-state index contributed by atoms with van der Waals surface area (Å²) in [5.74, 6) is -6.30. The van der Waals surface area contributed by atoms with Gasteiger partial charge in [-0.05, 0) is 97.1 Å². The molecule has 1 aliphatic heterocycles. The highest BCUT2D eigenvalue weighted by atomic mass is 16.6. The van der Waals surface area contributed by atoms with Crippen molar-refractivity contribution in [2.24, 2.45) is 17.8 Å². The number of nitrogens with one attached hydrogen (secondary N) is 2. The topological polar surface area (TPSA) is 218 Å². The van der Waals surface area contributed by atoms with Gasteiger partial charge >= 0.3 is 17.9 Å². The van der Waals surface area contributed by atoms with Crippen LogP contribution in [0.5, 0.6) is 0 Å². The Kier molecular flexibility index (Phi) is 25.2. The van der Waals surface area contributed by atoms with Gasteiger partial charge in [0.25, 0.3) is 5.91 Å². The molecule has 0 saturated heterocycles. The number of cyclic esters (lactones) is 2. The molecule has 398 valence electrons. The first kappa shape index (κ1) is 61.5. The highest BCUT2D eigenvalue weighted by molar-refractivity contribution is 5.96. The number of likely N-dealkylation sites (N-methyl/N-ethyl adjacent to an activating group) is 3. The molecule has 1 aromatic carbocycles. The molecule has 1 aliphatic rings. The summed E-state index contributed by atoms with van der Waals surface area (Å²) in [6.45, 7) is 20.4. The molecule has 9 atom stereocenters. The molecule has 0 unspecified atom stereocenters. The summed E-state index contributed by atoms with van der Waals surface area (Å²) in [4.78, 5) is 115. The average Bonchev–Trinajstić information content (AvgIpc) is 3.31. The van der Waals surface area contributed by atoms with Crippen LogP contribution in [0.2, 0.25) is 0 Å². The maximum atomic E-state index is 14.8. The number of carbonyl (C=O) groups excluding carboxylic acids is 8. The third kappa shape index (κ3) is 19.9. The number of benzene rings is 1. The van der Waals surface area contributed by atoms with Crippen molar-refractivity contribution < 1.29 is 57.7 Å². The fraction of sp³-hybridized carbons (Fsp3) is 0.667.